The Morgan fingerprint density at radius 2 is 2.25 bits per heavy atom. The monoisotopic (exact) mass is 301 g/mol. The second kappa shape index (κ2) is 4.31. The summed E-state index contributed by atoms with van der Waals surface area (Å²) in [7, 11) is 0. The summed E-state index contributed by atoms with van der Waals surface area (Å²) in [6.45, 7) is 0. The number of benzene rings is 1. The van der Waals surface area contributed by atoms with Crippen molar-refractivity contribution in [3.8, 4) is 10.6 Å². The number of hydrogen-bond donors (Lipinski definition) is 1. The Balaban J connectivity index is 2.42. The van der Waals surface area contributed by atoms with Crippen LogP contribution in [0.1, 0.15) is 9.67 Å². The van der Waals surface area contributed by atoms with Crippen LogP contribution >= 0.6 is 27.3 Å². The van der Waals surface area contributed by atoms with Crippen LogP contribution in [0.2, 0.25) is 0 Å². The molecule has 0 saturated carbocycles. The van der Waals surface area contributed by atoms with E-state index in [1.807, 2.05) is 0 Å². The number of carboxylic acids is 1. The number of thiazole rings is 1. The summed E-state index contributed by atoms with van der Waals surface area (Å²) in [5.74, 6) is -1.37. The molecule has 0 bridgehead atoms. The summed E-state index contributed by atoms with van der Waals surface area (Å²) in [5, 5.41) is 9.30. The van der Waals surface area contributed by atoms with Crippen molar-refractivity contribution in [3.05, 3.63) is 39.6 Å². The highest BCUT2D eigenvalue weighted by atomic mass is 79.9. The third-order valence-corrected chi connectivity index (χ3v) is 3.53. The molecule has 0 unspecified atom stereocenters. The van der Waals surface area contributed by atoms with E-state index in [9.17, 15) is 9.18 Å². The molecule has 1 N–H and O–H groups in total. The molecular formula is C10H5BrFNO2S. The molecule has 0 aliphatic rings. The van der Waals surface area contributed by atoms with Crippen LogP contribution in [0, 0.1) is 5.82 Å². The van der Waals surface area contributed by atoms with Crippen LogP contribution < -0.4 is 0 Å². The molecule has 3 nitrogen and oxygen atoms in total. The van der Waals surface area contributed by atoms with E-state index < -0.39 is 5.97 Å². The lowest BCUT2D eigenvalue weighted by molar-refractivity contribution is 0.0702. The molecule has 0 radical (unpaired) electrons. The lowest BCUT2D eigenvalue weighted by Gasteiger charge is -1.98. The van der Waals surface area contributed by atoms with Crippen LogP contribution in [0.4, 0.5) is 4.39 Å². The molecule has 0 saturated heterocycles. The van der Waals surface area contributed by atoms with Crippen molar-refractivity contribution in [1.82, 2.24) is 4.98 Å². The summed E-state index contributed by atoms with van der Waals surface area (Å²) < 4.78 is 13.3. The number of aromatic nitrogens is 1. The second-order valence-electron chi connectivity index (χ2n) is 2.96. The van der Waals surface area contributed by atoms with E-state index in [-0.39, 0.29) is 10.7 Å². The molecule has 2 aromatic rings. The second-order valence-corrected chi connectivity index (χ2v) is 4.85. The zero-order valence-corrected chi connectivity index (χ0v) is 10.2. The number of halogens is 2. The topological polar surface area (TPSA) is 50.2 Å². The van der Waals surface area contributed by atoms with Gasteiger partial charge >= 0.3 is 5.97 Å². The molecule has 0 spiro atoms. The molecule has 1 aromatic carbocycles. The summed E-state index contributed by atoms with van der Waals surface area (Å²) in [4.78, 5) is 14.8. The Morgan fingerprint density at radius 1 is 1.50 bits per heavy atom. The largest absolute Gasteiger partial charge is 0.477 e. The molecule has 0 fully saturated rings. The first-order valence-electron chi connectivity index (χ1n) is 4.22. The quantitative estimate of drug-likeness (QED) is 0.925. The van der Waals surface area contributed by atoms with Gasteiger partial charge in [0, 0.05) is 5.56 Å². The number of nitrogens with zero attached hydrogens (tertiary/aromatic N) is 1. The minimum Gasteiger partial charge on any atom is -0.477 e. The minimum atomic E-state index is -1.01. The Morgan fingerprint density at radius 3 is 2.81 bits per heavy atom. The fourth-order valence-corrected chi connectivity index (χ4v) is 2.27. The van der Waals surface area contributed by atoms with Crippen molar-refractivity contribution >= 4 is 33.2 Å². The molecule has 0 atom stereocenters. The summed E-state index contributed by atoms with van der Waals surface area (Å²) in [6.07, 6.45) is 1.29. The van der Waals surface area contributed by atoms with Gasteiger partial charge in [-0.3, -0.25) is 0 Å². The Hall–Kier alpha value is -1.27. The van der Waals surface area contributed by atoms with Gasteiger partial charge < -0.3 is 5.11 Å². The Bertz CT molecular complexity index is 556. The van der Waals surface area contributed by atoms with Gasteiger partial charge in [-0.2, -0.15) is 0 Å². The van der Waals surface area contributed by atoms with Crippen LogP contribution in [0.15, 0.2) is 28.9 Å². The maximum atomic E-state index is 13.0. The summed E-state index contributed by atoms with van der Waals surface area (Å²) in [5.41, 5.74) is 0.686. The van der Waals surface area contributed by atoms with E-state index in [0.717, 1.165) is 11.3 Å². The Kier molecular flexibility index (Phi) is 3.02. The molecule has 6 heteroatoms. The van der Waals surface area contributed by atoms with Gasteiger partial charge in [0.25, 0.3) is 0 Å². The van der Waals surface area contributed by atoms with Gasteiger partial charge in [0.05, 0.1) is 10.7 Å². The highest BCUT2D eigenvalue weighted by molar-refractivity contribution is 9.10. The van der Waals surface area contributed by atoms with Crippen LogP contribution in [-0.4, -0.2) is 16.1 Å². The third kappa shape index (κ3) is 2.12. The van der Waals surface area contributed by atoms with Crippen LogP contribution in [0.5, 0.6) is 0 Å². The predicted molar refractivity (Wildman–Crippen MR) is 62.2 cm³/mol. The van der Waals surface area contributed by atoms with Crippen LogP contribution in [-0.2, 0) is 0 Å². The average molecular weight is 302 g/mol. The van der Waals surface area contributed by atoms with Gasteiger partial charge in [-0.15, -0.1) is 11.3 Å². The molecule has 0 aliphatic heterocycles. The van der Waals surface area contributed by atoms with E-state index in [1.165, 1.54) is 12.3 Å². The van der Waals surface area contributed by atoms with Gasteiger partial charge in [-0.25, -0.2) is 14.2 Å². The summed E-state index contributed by atoms with van der Waals surface area (Å²) >= 11 is 4.12. The molecule has 0 aliphatic carbocycles. The molecular weight excluding hydrogens is 297 g/mol. The predicted octanol–water partition coefficient (Wildman–Crippen LogP) is 3.41. The molecule has 1 heterocycles. The molecule has 82 valence electrons. The molecule has 1 aromatic heterocycles. The lowest BCUT2D eigenvalue weighted by atomic mass is 10.2. The van der Waals surface area contributed by atoms with Crippen LogP contribution in [0.25, 0.3) is 10.6 Å². The zero-order valence-electron chi connectivity index (χ0n) is 7.78. The third-order valence-electron chi connectivity index (χ3n) is 1.88. The Labute approximate surface area is 103 Å². The highest BCUT2D eigenvalue weighted by Crippen LogP contribution is 2.28. The molecule has 16 heavy (non-hydrogen) atoms. The van der Waals surface area contributed by atoms with Gasteiger partial charge in [-0.05, 0) is 34.1 Å². The van der Waals surface area contributed by atoms with Gasteiger partial charge in [0.1, 0.15) is 15.7 Å². The fraction of sp³-hybridized carbons (Fsp3) is 0. The first kappa shape index (κ1) is 11.2. The minimum absolute atomic E-state index is 0.162. The van der Waals surface area contributed by atoms with E-state index in [0.29, 0.717) is 15.0 Å². The normalized spacial score (nSPS) is 10.4. The van der Waals surface area contributed by atoms with Crippen molar-refractivity contribution in [1.29, 1.82) is 0 Å². The highest BCUT2D eigenvalue weighted by Gasteiger charge is 2.11. The smallest absolute Gasteiger partial charge is 0.347 e. The van der Waals surface area contributed by atoms with E-state index >= 15 is 0 Å². The maximum absolute atomic E-state index is 13.0. The maximum Gasteiger partial charge on any atom is 0.347 e. The summed E-state index contributed by atoms with van der Waals surface area (Å²) in [6, 6.07) is 4.44. The number of carboxylic acid groups (broad SMARTS) is 1. The first-order valence-corrected chi connectivity index (χ1v) is 5.83. The first-order chi connectivity index (χ1) is 7.58. The fourth-order valence-electron chi connectivity index (χ4n) is 1.14. The van der Waals surface area contributed by atoms with Crippen molar-refractivity contribution in [2.75, 3.05) is 0 Å². The number of rotatable bonds is 2. The molecule has 2 rings (SSSR count). The van der Waals surface area contributed by atoms with Crippen LogP contribution in [0.3, 0.4) is 0 Å². The average Bonchev–Trinajstić information content (AvgIpc) is 2.71. The standard InChI is InChI=1S/C10H5BrFNO2S/c11-6-3-5(1-2-7(6)12)9-13-4-8(16-9)10(14)15/h1-4H,(H,14,15). The number of aromatic carboxylic acids is 1. The van der Waals surface area contributed by atoms with E-state index in [1.54, 1.807) is 12.1 Å². The number of carbonyl (C=O) groups is 1. The van der Waals surface area contributed by atoms with Gasteiger partial charge in [0.2, 0.25) is 0 Å². The van der Waals surface area contributed by atoms with Crippen molar-refractivity contribution in [3.63, 3.8) is 0 Å². The van der Waals surface area contributed by atoms with Crippen molar-refractivity contribution in [2.24, 2.45) is 0 Å². The molecule has 0 amide bonds. The number of hydrogen-bond acceptors (Lipinski definition) is 3. The van der Waals surface area contributed by atoms with E-state index in [2.05, 4.69) is 20.9 Å². The van der Waals surface area contributed by atoms with Gasteiger partial charge in [0.15, 0.2) is 0 Å². The van der Waals surface area contributed by atoms with Crippen molar-refractivity contribution < 1.29 is 14.3 Å². The van der Waals surface area contributed by atoms with E-state index in [4.69, 9.17) is 5.11 Å². The lowest BCUT2D eigenvalue weighted by Crippen LogP contribution is -1.89. The SMILES string of the molecule is O=C(O)c1cnc(-c2ccc(F)c(Br)c2)s1. The zero-order chi connectivity index (χ0) is 11.7. The van der Waals surface area contributed by atoms with Gasteiger partial charge in [-0.1, -0.05) is 0 Å². The van der Waals surface area contributed by atoms with Crippen molar-refractivity contribution in [2.45, 2.75) is 0 Å².